The normalized spacial score (nSPS) is 39.7. The molecule has 2 atom stereocenters. The predicted octanol–water partition coefficient (Wildman–Crippen LogP) is 14.4. The molecule has 0 aromatic rings. The summed E-state index contributed by atoms with van der Waals surface area (Å²) in [6.07, 6.45) is 28.7. The fraction of sp³-hybridized carbons (Fsp3) is 1.00. The summed E-state index contributed by atoms with van der Waals surface area (Å²) >= 11 is 0. The Hall–Kier alpha value is 0. The Bertz CT molecular complexity index is 675. The minimum absolute atomic E-state index is 0.550. The van der Waals surface area contributed by atoms with Crippen molar-refractivity contribution in [2.75, 3.05) is 0 Å². The molecule has 254 valence electrons. The third-order valence-corrected chi connectivity index (χ3v) is 13.9. The van der Waals surface area contributed by atoms with Gasteiger partial charge < -0.3 is 0 Å². The molecule has 9 rings (SSSR count). The van der Waals surface area contributed by atoms with Gasteiger partial charge in [-0.1, -0.05) is 121 Å². The van der Waals surface area contributed by atoms with E-state index in [0.717, 1.165) is 70.5 Å². The summed E-state index contributed by atoms with van der Waals surface area (Å²) in [5, 5.41) is 0. The molecule has 9 saturated carbocycles. The van der Waals surface area contributed by atoms with Crippen LogP contribution in [-0.2, 0) is 0 Å². The molecule has 0 heterocycles. The van der Waals surface area contributed by atoms with E-state index < -0.39 is 0 Å². The summed E-state index contributed by atoms with van der Waals surface area (Å²) in [7, 11) is 0. The molecule has 0 spiro atoms. The highest BCUT2D eigenvalue weighted by atomic mass is 14.5. The van der Waals surface area contributed by atoms with E-state index in [1.165, 1.54) is 51.4 Å². The Labute approximate surface area is 273 Å². The maximum atomic E-state index is 2.54. The van der Waals surface area contributed by atoms with Gasteiger partial charge in [-0.2, -0.15) is 0 Å². The van der Waals surface area contributed by atoms with Crippen molar-refractivity contribution in [2.45, 2.75) is 198 Å². The highest BCUT2D eigenvalue weighted by Gasteiger charge is 2.48. The summed E-state index contributed by atoms with van der Waals surface area (Å²) < 4.78 is 0. The van der Waals surface area contributed by atoms with Gasteiger partial charge in [-0.15, -0.1) is 0 Å². The molecule has 9 aliphatic rings. The second-order valence-corrected chi connectivity index (χ2v) is 19.5. The second kappa shape index (κ2) is 17.2. The van der Waals surface area contributed by atoms with E-state index in [-0.39, 0.29) is 0 Å². The molecule has 0 aromatic carbocycles. The monoisotopic (exact) mass is 599 g/mol. The van der Waals surface area contributed by atoms with Crippen LogP contribution in [0.25, 0.3) is 0 Å². The van der Waals surface area contributed by atoms with E-state index in [1.807, 2.05) is 0 Å². The Morgan fingerprint density at radius 3 is 1.21 bits per heavy atom. The van der Waals surface area contributed by atoms with Crippen LogP contribution in [0.2, 0.25) is 0 Å². The maximum absolute atomic E-state index is 2.54. The Balaban J connectivity index is 0.000000151. The van der Waals surface area contributed by atoms with E-state index in [9.17, 15) is 0 Å². The third kappa shape index (κ3) is 12.3. The van der Waals surface area contributed by atoms with Crippen LogP contribution >= 0.6 is 0 Å². The smallest absolute Gasteiger partial charge is 0.0318 e. The predicted molar refractivity (Wildman–Crippen MR) is 193 cm³/mol. The van der Waals surface area contributed by atoms with Crippen LogP contribution in [-0.4, -0.2) is 0 Å². The summed E-state index contributed by atoms with van der Waals surface area (Å²) in [5.74, 6) is 12.0. The average molecular weight is 599 g/mol. The maximum Gasteiger partial charge on any atom is -0.0318 e. The van der Waals surface area contributed by atoms with Crippen LogP contribution in [0.5, 0.6) is 0 Å². The fourth-order valence-electron chi connectivity index (χ4n) is 11.4. The molecule has 0 radical (unpaired) electrons. The summed E-state index contributed by atoms with van der Waals surface area (Å²) in [6, 6.07) is 0. The summed E-state index contributed by atoms with van der Waals surface area (Å²) in [5.41, 5.74) is 1.35. The lowest BCUT2D eigenvalue weighted by Gasteiger charge is -2.55. The van der Waals surface area contributed by atoms with Gasteiger partial charge in [0, 0.05) is 0 Å². The highest BCUT2D eigenvalue weighted by Crippen LogP contribution is 2.59. The van der Waals surface area contributed by atoms with Crippen molar-refractivity contribution in [3.63, 3.8) is 0 Å². The Morgan fingerprint density at radius 2 is 0.977 bits per heavy atom. The molecule has 2 unspecified atom stereocenters. The van der Waals surface area contributed by atoms with Gasteiger partial charge in [-0.3, -0.25) is 0 Å². The molecule has 0 aromatic heterocycles. The van der Waals surface area contributed by atoms with Gasteiger partial charge in [0.15, 0.2) is 0 Å². The molecular weight excluding hydrogens is 516 g/mol. The first kappa shape index (κ1) is 37.5. The zero-order chi connectivity index (χ0) is 31.8. The standard InChI is InChI=1S/2C11H18.C8H18.C7H16.C6H12/c1-11-5-8-2-9(6-11)4-10(3-8)7-11;1-7-10-3-8-2-9(5-10)6-11(7)4-8;1-5-7(3)8(4)6-2;1-5-6-7(2,3)4;1-6-4-2-3-5-6/h8-10H,2-7H2,1H3;7-11H,2-6H2,1H3;7-8H,5-6H2,1-4H3;5-6H2,1-4H3;6H,2-5H2,1H3. The summed E-state index contributed by atoms with van der Waals surface area (Å²) in [4.78, 5) is 0. The van der Waals surface area contributed by atoms with Gasteiger partial charge in [0.1, 0.15) is 0 Å². The number of hydrogen-bond donors (Lipinski definition) is 0. The lowest BCUT2D eigenvalue weighted by atomic mass is 9.50. The van der Waals surface area contributed by atoms with Crippen molar-refractivity contribution in [3.05, 3.63) is 0 Å². The van der Waals surface area contributed by atoms with E-state index in [0.29, 0.717) is 5.41 Å². The molecule has 0 nitrogen and oxygen atoms in total. The van der Waals surface area contributed by atoms with Gasteiger partial charge in [-0.05, 0) is 153 Å². The molecule has 43 heavy (non-hydrogen) atoms. The third-order valence-electron chi connectivity index (χ3n) is 13.9. The van der Waals surface area contributed by atoms with Crippen LogP contribution in [0.15, 0.2) is 0 Å². The van der Waals surface area contributed by atoms with Crippen molar-refractivity contribution >= 4 is 0 Å². The van der Waals surface area contributed by atoms with Crippen molar-refractivity contribution in [2.24, 2.45) is 75.9 Å². The zero-order valence-electron chi connectivity index (χ0n) is 31.8. The summed E-state index contributed by atoms with van der Waals surface area (Å²) in [6.45, 7) is 25.6. The average Bonchev–Trinajstić information content (AvgIpc) is 3.40. The van der Waals surface area contributed by atoms with Crippen LogP contribution < -0.4 is 0 Å². The molecule has 9 fully saturated rings. The van der Waals surface area contributed by atoms with Gasteiger partial charge >= 0.3 is 0 Å². The topological polar surface area (TPSA) is 0 Å². The molecule has 0 amide bonds. The van der Waals surface area contributed by atoms with Crippen LogP contribution in [0.3, 0.4) is 0 Å². The van der Waals surface area contributed by atoms with Crippen LogP contribution in [0.4, 0.5) is 0 Å². The fourth-order valence-corrected chi connectivity index (χ4v) is 11.4. The van der Waals surface area contributed by atoms with E-state index in [1.54, 1.807) is 70.6 Å². The van der Waals surface area contributed by atoms with Crippen molar-refractivity contribution in [3.8, 4) is 0 Å². The van der Waals surface area contributed by atoms with E-state index in [2.05, 4.69) is 76.2 Å². The number of hydrogen-bond acceptors (Lipinski definition) is 0. The Morgan fingerprint density at radius 1 is 0.605 bits per heavy atom. The van der Waals surface area contributed by atoms with Gasteiger partial charge in [-0.25, -0.2) is 0 Å². The molecule has 0 aliphatic heterocycles. The first-order chi connectivity index (χ1) is 20.2. The quantitative estimate of drug-likeness (QED) is 0.302. The molecule has 8 bridgehead atoms. The first-order valence-corrected chi connectivity index (χ1v) is 20.2. The van der Waals surface area contributed by atoms with Gasteiger partial charge in [0.25, 0.3) is 0 Å². The SMILES string of the molecule is CC12CC3CC(CC(C3)C1)C2.CC1C2CC3CC(C2)CC1C3.CC1CCCC1.CCC(C)C(C)CC.CCCC(C)(C)C. The van der Waals surface area contributed by atoms with Crippen molar-refractivity contribution in [1.82, 2.24) is 0 Å². The minimum atomic E-state index is 0.550. The second-order valence-electron chi connectivity index (χ2n) is 19.5. The van der Waals surface area contributed by atoms with Gasteiger partial charge in [0.05, 0.1) is 0 Å². The Kier molecular flexibility index (Phi) is 15.0. The molecule has 0 N–H and O–H groups in total. The molecule has 0 saturated heterocycles. The van der Waals surface area contributed by atoms with Crippen LogP contribution in [0.1, 0.15) is 198 Å². The largest absolute Gasteiger partial charge is 0.0654 e. The van der Waals surface area contributed by atoms with Crippen LogP contribution in [0, 0.1) is 75.9 Å². The van der Waals surface area contributed by atoms with Crippen molar-refractivity contribution in [1.29, 1.82) is 0 Å². The lowest BCUT2D eigenvalue weighted by Crippen LogP contribution is -2.44. The molecular formula is C43H82. The van der Waals surface area contributed by atoms with Crippen molar-refractivity contribution < 1.29 is 0 Å². The first-order valence-electron chi connectivity index (χ1n) is 20.2. The number of rotatable bonds is 4. The zero-order valence-corrected chi connectivity index (χ0v) is 31.8. The van der Waals surface area contributed by atoms with E-state index >= 15 is 0 Å². The molecule has 0 heteroatoms. The van der Waals surface area contributed by atoms with E-state index in [4.69, 9.17) is 0 Å². The lowest BCUT2D eigenvalue weighted by molar-refractivity contribution is -0.0411. The molecule has 9 aliphatic carbocycles. The highest BCUT2D eigenvalue weighted by molar-refractivity contribution is 4.99. The van der Waals surface area contributed by atoms with Gasteiger partial charge in [0.2, 0.25) is 0 Å². The minimum Gasteiger partial charge on any atom is -0.0654 e.